The van der Waals surface area contributed by atoms with E-state index in [0.717, 1.165) is 22.8 Å². The Hall–Kier alpha value is -2.27. The molecule has 1 heterocycles. The van der Waals surface area contributed by atoms with Crippen molar-refractivity contribution in [2.75, 3.05) is 30.3 Å². The lowest BCUT2D eigenvalue weighted by atomic mass is 10.1. The molecule has 2 aromatic rings. The summed E-state index contributed by atoms with van der Waals surface area (Å²) < 4.78 is 0. The maximum absolute atomic E-state index is 12.7. The van der Waals surface area contributed by atoms with E-state index in [1.807, 2.05) is 59.2 Å². The summed E-state index contributed by atoms with van der Waals surface area (Å²) in [5, 5.41) is 0. The number of carbonyl (C=O) groups is 2. The highest BCUT2D eigenvalue weighted by Crippen LogP contribution is 2.34. The highest BCUT2D eigenvalue weighted by atomic mass is 32.2. The zero-order chi connectivity index (χ0) is 19.1. The highest BCUT2D eigenvalue weighted by molar-refractivity contribution is 7.99. The predicted molar refractivity (Wildman–Crippen MR) is 111 cm³/mol. The zero-order valence-corrected chi connectivity index (χ0v) is 16.6. The van der Waals surface area contributed by atoms with Gasteiger partial charge in [-0.3, -0.25) is 9.59 Å². The van der Waals surface area contributed by atoms with E-state index in [9.17, 15) is 9.59 Å². The highest BCUT2D eigenvalue weighted by Gasteiger charge is 2.23. The number of hydrogen-bond donors (Lipinski definition) is 0. The normalized spacial score (nSPS) is 13.1. The minimum Gasteiger partial charge on any atom is -0.343 e. The molecule has 1 aliphatic rings. The molecule has 0 unspecified atom stereocenters. The maximum atomic E-state index is 12.7. The van der Waals surface area contributed by atoms with Gasteiger partial charge in [-0.1, -0.05) is 42.5 Å². The second kappa shape index (κ2) is 9.60. The van der Waals surface area contributed by atoms with Gasteiger partial charge in [0.05, 0.1) is 5.69 Å². The number of rotatable bonds is 7. The number of thioether (sulfide) groups is 1. The summed E-state index contributed by atoms with van der Waals surface area (Å²) in [5.41, 5.74) is 2.20. The minimum absolute atomic E-state index is 0.0372. The first kappa shape index (κ1) is 19.5. The van der Waals surface area contributed by atoms with E-state index < -0.39 is 0 Å². The van der Waals surface area contributed by atoms with Gasteiger partial charge in [-0.2, -0.15) is 0 Å². The number of fused-ring (bicyclic) bond motifs is 1. The molecule has 0 fully saturated rings. The Morgan fingerprint density at radius 1 is 1.04 bits per heavy atom. The zero-order valence-electron chi connectivity index (χ0n) is 15.8. The summed E-state index contributed by atoms with van der Waals surface area (Å²) >= 11 is 1.78. The van der Waals surface area contributed by atoms with Crippen LogP contribution >= 0.6 is 11.8 Å². The molecule has 0 radical (unpaired) electrons. The SMILES string of the molecule is CCN(CCc1ccccc1)C(=O)CCC(=O)N1CCSc2ccccc21. The molecular weight excluding hydrogens is 356 g/mol. The van der Waals surface area contributed by atoms with Crippen LogP contribution in [0.5, 0.6) is 0 Å². The van der Waals surface area contributed by atoms with Gasteiger partial charge >= 0.3 is 0 Å². The first-order valence-electron chi connectivity index (χ1n) is 9.53. The van der Waals surface area contributed by atoms with Crippen LogP contribution in [-0.4, -0.2) is 42.1 Å². The summed E-state index contributed by atoms with van der Waals surface area (Å²) in [6, 6.07) is 18.2. The van der Waals surface area contributed by atoms with Crippen LogP contribution in [0, 0.1) is 0 Å². The number of para-hydroxylation sites is 1. The van der Waals surface area contributed by atoms with Crippen molar-refractivity contribution in [2.45, 2.75) is 31.1 Å². The third kappa shape index (κ3) is 5.13. The van der Waals surface area contributed by atoms with Crippen molar-refractivity contribution < 1.29 is 9.59 Å². The van der Waals surface area contributed by atoms with Crippen molar-refractivity contribution >= 4 is 29.3 Å². The van der Waals surface area contributed by atoms with Crippen molar-refractivity contribution in [3.05, 3.63) is 60.2 Å². The van der Waals surface area contributed by atoms with E-state index in [1.54, 1.807) is 11.8 Å². The standard InChI is InChI=1S/C22H26N2O2S/c1-2-23(15-14-18-8-4-3-5-9-18)21(25)12-13-22(26)24-16-17-27-20-11-7-6-10-19(20)24/h3-11H,2,12-17H2,1H3. The monoisotopic (exact) mass is 382 g/mol. The molecule has 2 amide bonds. The quantitative estimate of drug-likeness (QED) is 0.727. The molecule has 142 valence electrons. The van der Waals surface area contributed by atoms with Crippen molar-refractivity contribution in [2.24, 2.45) is 0 Å². The first-order valence-corrected chi connectivity index (χ1v) is 10.5. The van der Waals surface area contributed by atoms with Crippen LogP contribution in [0.1, 0.15) is 25.3 Å². The number of carbonyl (C=O) groups excluding carboxylic acids is 2. The van der Waals surface area contributed by atoms with Crippen LogP contribution in [0.15, 0.2) is 59.5 Å². The summed E-state index contributed by atoms with van der Waals surface area (Å²) in [5.74, 6) is 0.992. The van der Waals surface area contributed by atoms with Crippen LogP contribution in [0.4, 0.5) is 5.69 Å². The van der Waals surface area contributed by atoms with Gasteiger partial charge in [-0.25, -0.2) is 0 Å². The molecule has 0 aliphatic carbocycles. The number of hydrogen-bond acceptors (Lipinski definition) is 3. The number of nitrogens with zero attached hydrogens (tertiary/aromatic N) is 2. The largest absolute Gasteiger partial charge is 0.343 e. The maximum Gasteiger partial charge on any atom is 0.227 e. The van der Waals surface area contributed by atoms with E-state index in [1.165, 1.54) is 5.56 Å². The smallest absolute Gasteiger partial charge is 0.227 e. The number of amides is 2. The fourth-order valence-corrected chi connectivity index (χ4v) is 4.30. The summed E-state index contributed by atoms with van der Waals surface area (Å²) in [6.45, 7) is 4.06. The van der Waals surface area contributed by atoms with Gasteiger partial charge in [0.15, 0.2) is 0 Å². The third-order valence-corrected chi connectivity index (χ3v) is 5.87. The van der Waals surface area contributed by atoms with Gasteiger partial charge in [0, 0.05) is 43.1 Å². The molecule has 1 aliphatic heterocycles. The second-order valence-electron chi connectivity index (χ2n) is 6.57. The number of anilines is 1. The van der Waals surface area contributed by atoms with Crippen LogP contribution < -0.4 is 4.90 Å². The molecule has 0 spiro atoms. The Bertz CT molecular complexity index is 779. The van der Waals surface area contributed by atoms with E-state index >= 15 is 0 Å². The van der Waals surface area contributed by atoms with Crippen LogP contribution in [0.3, 0.4) is 0 Å². The van der Waals surface area contributed by atoms with Crippen molar-refractivity contribution in [3.63, 3.8) is 0 Å². The van der Waals surface area contributed by atoms with Crippen LogP contribution in [0.2, 0.25) is 0 Å². The molecule has 0 N–H and O–H groups in total. The third-order valence-electron chi connectivity index (χ3n) is 4.83. The van der Waals surface area contributed by atoms with Gasteiger partial charge in [0.1, 0.15) is 0 Å². The fourth-order valence-electron chi connectivity index (χ4n) is 3.30. The molecule has 0 atom stereocenters. The molecule has 0 bridgehead atoms. The molecule has 3 rings (SSSR count). The second-order valence-corrected chi connectivity index (χ2v) is 7.71. The summed E-state index contributed by atoms with van der Waals surface area (Å²) in [7, 11) is 0. The van der Waals surface area contributed by atoms with Gasteiger partial charge < -0.3 is 9.80 Å². The summed E-state index contributed by atoms with van der Waals surface area (Å²) in [6.07, 6.45) is 1.37. The lowest BCUT2D eigenvalue weighted by Crippen LogP contribution is -2.37. The van der Waals surface area contributed by atoms with E-state index in [4.69, 9.17) is 0 Å². The van der Waals surface area contributed by atoms with Gasteiger partial charge in [-0.05, 0) is 31.0 Å². The minimum atomic E-state index is 0.0372. The van der Waals surface area contributed by atoms with Crippen molar-refractivity contribution in [1.82, 2.24) is 4.90 Å². The van der Waals surface area contributed by atoms with E-state index in [0.29, 0.717) is 19.6 Å². The lowest BCUT2D eigenvalue weighted by molar-refractivity contribution is -0.133. The predicted octanol–water partition coefficient (Wildman–Crippen LogP) is 4.00. The Morgan fingerprint density at radius 3 is 2.56 bits per heavy atom. The molecule has 4 nitrogen and oxygen atoms in total. The number of benzene rings is 2. The Balaban J connectivity index is 1.52. The molecule has 0 saturated heterocycles. The van der Waals surface area contributed by atoms with Gasteiger partial charge in [-0.15, -0.1) is 11.8 Å². The average molecular weight is 383 g/mol. The molecular formula is C22H26N2O2S. The topological polar surface area (TPSA) is 40.6 Å². The van der Waals surface area contributed by atoms with E-state index in [-0.39, 0.29) is 24.7 Å². The molecule has 27 heavy (non-hydrogen) atoms. The Kier molecular flexibility index (Phi) is 6.93. The van der Waals surface area contributed by atoms with Crippen LogP contribution in [0.25, 0.3) is 0 Å². The number of likely N-dealkylation sites (N-methyl/N-ethyl adjacent to an activating group) is 1. The molecule has 2 aromatic carbocycles. The van der Waals surface area contributed by atoms with Crippen molar-refractivity contribution in [3.8, 4) is 0 Å². The van der Waals surface area contributed by atoms with E-state index in [2.05, 4.69) is 12.1 Å². The summed E-state index contributed by atoms with van der Waals surface area (Å²) in [4.78, 5) is 30.1. The Morgan fingerprint density at radius 2 is 1.78 bits per heavy atom. The molecule has 5 heteroatoms. The molecule has 0 aromatic heterocycles. The van der Waals surface area contributed by atoms with Crippen LogP contribution in [-0.2, 0) is 16.0 Å². The Labute approximate surface area is 165 Å². The van der Waals surface area contributed by atoms with Crippen molar-refractivity contribution in [1.29, 1.82) is 0 Å². The van der Waals surface area contributed by atoms with Gasteiger partial charge in [0.2, 0.25) is 11.8 Å². The first-order chi connectivity index (χ1) is 13.2. The van der Waals surface area contributed by atoms with Gasteiger partial charge in [0.25, 0.3) is 0 Å². The lowest BCUT2D eigenvalue weighted by Gasteiger charge is -2.29. The fraction of sp³-hybridized carbons (Fsp3) is 0.364. The average Bonchev–Trinajstić information content (AvgIpc) is 2.72. The molecule has 0 saturated carbocycles.